The van der Waals surface area contributed by atoms with Crippen LogP contribution in [0.25, 0.3) is 0 Å². The number of rotatable bonds is 4. The van der Waals surface area contributed by atoms with Crippen molar-refractivity contribution in [2.75, 3.05) is 13.1 Å². The molecule has 3 rings (SSSR count). The fraction of sp³-hybridized carbons (Fsp3) is 0.235. The second-order valence-electron chi connectivity index (χ2n) is 5.29. The van der Waals surface area contributed by atoms with Gasteiger partial charge in [-0.1, -0.05) is 42.5 Å². The van der Waals surface area contributed by atoms with Gasteiger partial charge in [-0.25, -0.2) is 0 Å². The Morgan fingerprint density at radius 3 is 2.64 bits per heavy atom. The normalized spacial score (nSPS) is 16.7. The molecule has 1 aliphatic rings. The first-order valence-corrected chi connectivity index (χ1v) is 7.30. The number of nitrogens with zero attached hydrogens (tertiary/aromatic N) is 2. The van der Waals surface area contributed by atoms with Crippen molar-refractivity contribution in [3.63, 3.8) is 0 Å². The number of amides is 1. The number of fused-ring (bicyclic) bond motifs is 1. The number of carbonyl (C=O) groups is 1. The van der Waals surface area contributed by atoms with E-state index in [1.807, 2.05) is 36.4 Å². The van der Waals surface area contributed by atoms with Crippen molar-refractivity contribution in [2.24, 2.45) is 5.29 Å². The van der Waals surface area contributed by atoms with E-state index in [9.17, 15) is 9.70 Å². The van der Waals surface area contributed by atoms with Gasteiger partial charge in [-0.2, -0.15) is 0 Å². The van der Waals surface area contributed by atoms with Crippen LogP contribution in [-0.2, 0) is 6.42 Å². The molecule has 1 amide bonds. The van der Waals surface area contributed by atoms with Crippen LogP contribution in [0.1, 0.15) is 27.5 Å². The van der Waals surface area contributed by atoms with Crippen LogP contribution < -0.4 is 5.32 Å². The highest BCUT2D eigenvalue weighted by molar-refractivity contribution is 5.94. The van der Waals surface area contributed by atoms with Crippen LogP contribution in [0.4, 0.5) is 0 Å². The van der Waals surface area contributed by atoms with Gasteiger partial charge in [0.15, 0.2) is 0 Å². The summed E-state index contributed by atoms with van der Waals surface area (Å²) in [6, 6.07) is 16.8. The first-order chi connectivity index (χ1) is 10.8. The zero-order chi connectivity index (χ0) is 15.4. The fourth-order valence-electron chi connectivity index (χ4n) is 2.83. The molecule has 0 bridgehead atoms. The van der Waals surface area contributed by atoms with Gasteiger partial charge in [-0.15, -0.1) is 4.91 Å². The van der Waals surface area contributed by atoms with E-state index >= 15 is 0 Å². The molecule has 1 heterocycles. The van der Waals surface area contributed by atoms with Gasteiger partial charge in [0.25, 0.3) is 5.91 Å². The Morgan fingerprint density at radius 2 is 1.86 bits per heavy atom. The van der Waals surface area contributed by atoms with Gasteiger partial charge in [0.05, 0.1) is 11.3 Å². The summed E-state index contributed by atoms with van der Waals surface area (Å²) in [5, 5.41) is 7.51. The van der Waals surface area contributed by atoms with Gasteiger partial charge in [0, 0.05) is 18.7 Å². The van der Waals surface area contributed by atoms with Crippen LogP contribution in [0.15, 0.2) is 59.9 Å². The summed E-state index contributed by atoms with van der Waals surface area (Å²) in [5.41, 5.74) is 2.88. The highest BCUT2D eigenvalue weighted by Gasteiger charge is 2.27. The molecule has 2 aromatic rings. The maximum Gasteiger partial charge on any atom is 0.251 e. The first-order valence-electron chi connectivity index (χ1n) is 7.30. The smallest absolute Gasteiger partial charge is 0.251 e. The Balaban J connectivity index is 1.75. The molecule has 22 heavy (non-hydrogen) atoms. The van der Waals surface area contributed by atoms with Crippen molar-refractivity contribution in [1.82, 2.24) is 10.3 Å². The van der Waals surface area contributed by atoms with Crippen LogP contribution in [0.2, 0.25) is 0 Å². The third-order valence-corrected chi connectivity index (χ3v) is 3.98. The molecule has 0 aliphatic carbocycles. The van der Waals surface area contributed by atoms with E-state index in [-0.39, 0.29) is 11.9 Å². The third kappa shape index (κ3) is 2.83. The molecule has 0 saturated carbocycles. The minimum Gasteiger partial charge on any atom is -0.350 e. The largest absolute Gasteiger partial charge is 0.350 e. The average Bonchev–Trinajstić information content (AvgIpc) is 2.60. The summed E-state index contributed by atoms with van der Waals surface area (Å²) in [4.78, 5) is 23.2. The van der Waals surface area contributed by atoms with Crippen LogP contribution in [0, 0.1) is 4.91 Å². The molecular weight excluding hydrogens is 278 g/mol. The number of benzene rings is 2. The monoisotopic (exact) mass is 295 g/mol. The number of hydrogen-bond acceptors (Lipinski definition) is 3. The lowest BCUT2D eigenvalue weighted by Crippen LogP contribution is -2.39. The summed E-state index contributed by atoms with van der Waals surface area (Å²) < 4.78 is 0. The Kier molecular flexibility index (Phi) is 4.14. The molecule has 0 spiro atoms. The van der Waals surface area contributed by atoms with Crippen LogP contribution in [0.3, 0.4) is 0 Å². The summed E-state index contributed by atoms with van der Waals surface area (Å²) in [6.45, 7) is 0.933. The number of carbonyl (C=O) groups excluding carboxylic acids is 1. The minimum absolute atomic E-state index is 0.144. The molecule has 0 radical (unpaired) electrons. The molecule has 0 saturated heterocycles. The second-order valence-corrected chi connectivity index (χ2v) is 5.29. The molecule has 2 aromatic carbocycles. The summed E-state index contributed by atoms with van der Waals surface area (Å²) >= 11 is 0. The fourth-order valence-corrected chi connectivity index (χ4v) is 2.83. The highest BCUT2D eigenvalue weighted by atomic mass is 16.3. The Bertz CT molecular complexity index is 673. The van der Waals surface area contributed by atoms with Crippen molar-refractivity contribution in [3.8, 4) is 0 Å². The molecule has 5 nitrogen and oxygen atoms in total. The number of nitroso groups, excluding NO2 is 1. The Morgan fingerprint density at radius 1 is 1.14 bits per heavy atom. The summed E-state index contributed by atoms with van der Waals surface area (Å²) in [6.07, 6.45) is 0.797. The van der Waals surface area contributed by atoms with Gasteiger partial charge in [-0.05, 0) is 29.7 Å². The zero-order valence-electron chi connectivity index (χ0n) is 12.1. The van der Waals surface area contributed by atoms with Crippen molar-refractivity contribution < 1.29 is 4.79 Å². The number of nitrogens with one attached hydrogen (secondary N) is 1. The molecule has 5 heteroatoms. The van der Waals surface area contributed by atoms with E-state index in [0.29, 0.717) is 18.7 Å². The van der Waals surface area contributed by atoms with Gasteiger partial charge in [-0.3, -0.25) is 9.80 Å². The van der Waals surface area contributed by atoms with Gasteiger partial charge < -0.3 is 5.32 Å². The quantitative estimate of drug-likeness (QED) is 0.882. The molecule has 0 unspecified atom stereocenters. The molecule has 1 N–H and O–H groups in total. The number of hydrogen-bond donors (Lipinski definition) is 1. The van der Waals surface area contributed by atoms with E-state index in [1.54, 1.807) is 12.1 Å². The molecule has 0 aromatic heterocycles. The van der Waals surface area contributed by atoms with E-state index in [0.717, 1.165) is 12.0 Å². The van der Waals surface area contributed by atoms with Gasteiger partial charge in [0.1, 0.15) is 0 Å². The summed E-state index contributed by atoms with van der Waals surface area (Å²) in [7, 11) is 0. The highest BCUT2D eigenvalue weighted by Crippen LogP contribution is 2.29. The SMILES string of the molecule is O=NN1CCc2ccccc2[C@H]1CNC(=O)c1ccccc1. The van der Waals surface area contributed by atoms with Crippen LogP contribution >= 0.6 is 0 Å². The maximum atomic E-state index is 12.2. The lowest BCUT2D eigenvalue weighted by atomic mass is 9.93. The minimum atomic E-state index is -0.213. The maximum absolute atomic E-state index is 12.2. The van der Waals surface area contributed by atoms with Crippen molar-refractivity contribution >= 4 is 5.91 Å². The van der Waals surface area contributed by atoms with Crippen molar-refractivity contribution in [3.05, 3.63) is 76.2 Å². The zero-order valence-corrected chi connectivity index (χ0v) is 12.1. The Labute approximate surface area is 128 Å². The first kappa shape index (κ1) is 14.3. The molecule has 1 atom stereocenters. The predicted molar refractivity (Wildman–Crippen MR) is 84.2 cm³/mol. The van der Waals surface area contributed by atoms with Gasteiger partial charge in [0.2, 0.25) is 0 Å². The third-order valence-electron chi connectivity index (χ3n) is 3.98. The second kappa shape index (κ2) is 6.39. The lowest BCUT2D eigenvalue weighted by Gasteiger charge is -2.33. The van der Waals surface area contributed by atoms with E-state index in [1.165, 1.54) is 10.6 Å². The van der Waals surface area contributed by atoms with Crippen molar-refractivity contribution in [2.45, 2.75) is 12.5 Å². The van der Waals surface area contributed by atoms with Crippen molar-refractivity contribution in [1.29, 1.82) is 0 Å². The lowest BCUT2D eigenvalue weighted by molar-refractivity contribution is 0.0929. The summed E-state index contributed by atoms with van der Waals surface area (Å²) in [5.74, 6) is -0.144. The van der Waals surface area contributed by atoms with E-state index < -0.39 is 0 Å². The van der Waals surface area contributed by atoms with Gasteiger partial charge >= 0.3 is 0 Å². The predicted octanol–water partition coefficient (Wildman–Crippen LogP) is 2.70. The molecular formula is C17H17N3O2. The van der Waals surface area contributed by atoms with Crippen LogP contribution in [-0.4, -0.2) is 24.0 Å². The van der Waals surface area contributed by atoms with E-state index in [2.05, 4.69) is 16.7 Å². The molecule has 0 fully saturated rings. The van der Waals surface area contributed by atoms with Crippen LogP contribution in [0.5, 0.6) is 0 Å². The van der Waals surface area contributed by atoms with E-state index in [4.69, 9.17) is 0 Å². The molecule has 1 aliphatic heterocycles. The Hall–Kier alpha value is -2.69. The topological polar surface area (TPSA) is 61.8 Å². The standard InChI is InChI=1S/C17H17N3O2/c21-17(14-7-2-1-3-8-14)18-12-16-15-9-5-4-6-13(15)10-11-20(16)19-22/h1-9,16H,10-12H2,(H,18,21)/t16-/m1/s1. The molecule has 112 valence electrons. The average molecular weight is 295 g/mol.